The molecule has 0 unspecified atom stereocenters. The maximum absolute atomic E-state index is 12.0. The van der Waals surface area contributed by atoms with Gasteiger partial charge in [0, 0.05) is 30.8 Å². The van der Waals surface area contributed by atoms with Gasteiger partial charge in [-0.05, 0) is 5.56 Å². The normalized spacial score (nSPS) is 10.7. The van der Waals surface area contributed by atoms with Gasteiger partial charge in [0.15, 0.2) is 0 Å². The molecule has 0 aliphatic rings. The van der Waals surface area contributed by atoms with Gasteiger partial charge < -0.3 is 9.47 Å². The van der Waals surface area contributed by atoms with E-state index in [9.17, 15) is 4.79 Å². The third kappa shape index (κ3) is 2.22. The Labute approximate surface area is 128 Å². The van der Waals surface area contributed by atoms with Crippen LogP contribution in [0.1, 0.15) is 11.7 Å². The number of rotatable bonds is 3. The van der Waals surface area contributed by atoms with Crippen molar-refractivity contribution in [3.63, 3.8) is 0 Å². The molecule has 2 aromatic carbocycles. The van der Waals surface area contributed by atoms with Crippen LogP contribution in [0.15, 0.2) is 48.7 Å². The second-order valence-electron chi connectivity index (χ2n) is 5.02. The Bertz CT molecular complexity index is 834. The van der Waals surface area contributed by atoms with Gasteiger partial charge in [0.25, 0.3) is 0 Å². The molecule has 0 fully saturated rings. The number of ether oxygens (including phenoxy) is 2. The molecule has 4 nitrogen and oxygen atoms in total. The first-order chi connectivity index (χ1) is 10.7. The monoisotopic (exact) mass is 295 g/mol. The molecule has 0 saturated heterocycles. The van der Waals surface area contributed by atoms with E-state index in [-0.39, 0.29) is 5.91 Å². The minimum absolute atomic E-state index is 0.0533. The third-order valence-corrected chi connectivity index (χ3v) is 3.72. The van der Waals surface area contributed by atoms with Gasteiger partial charge >= 0.3 is 0 Å². The van der Waals surface area contributed by atoms with Crippen molar-refractivity contribution in [1.29, 1.82) is 0 Å². The van der Waals surface area contributed by atoms with E-state index < -0.39 is 0 Å². The number of nitrogens with zero attached hydrogens (tertiary/aromatic N) is 1. The maximum Gasteiger partial charge on any atom is 0.227 e. The van der Waals surface area contributed by atoms with Gasteiger partial charge in [0.2, 0.25) is 5.91 Å². The summed E-state index contributed by atoms with van der Waals surface area (Å²) >= 11 is 0. The Morgan fingerprint density at radius 2 is 1.77 bits per heavy atom. The molecule has 0 radical (unpaired) electrons. The highest BCUT2D eigenvalue weighted by atomic mass is 16.5. The number of aromatic nitrogens is 1. The zero-order valence-electron chi connectivity index (χ0n) is 12.8. The van der Waals surface area contributed by atoms with E-state index in [2.05, 4.69) is 0 Å². The van der Waals surface area contributed by atoms with E-state index in [1.165, 1.54) is 0 Å². The van der Waals surface area contributed by atoms with E-state index >= 15 is 0 Å². The first-order valence-electron chi connectivity index (χ1n) is 6.99. The molecular formula is C18H17NO3. The molecule has 1 aromatic heterocycles. The molecule has 4 heteroatoms. The van der Waals surface area contributed by atoms with Crippen LogP contribution in [0.4, 0.5) is 0 Å². The van der Waals surface area contributed by atoms with Gasteiger partial charge in [-0.25, -0.2) is 0 Å². The molecule has 3 aromatic rings. The quantitative estimate of drug-likeness (QED) is 0.733. The average Bonchev–Trinajstić information content (AvgIpc) is 2.94. The molecule has 0 aliphatic heterocycles. The maximum atomic E-state index is 12.0. The molecule has 0 saturated carbocycles. The van der Waals surface area contributed by atoms with Gasteiger partial charge in [0.1, 0.15) is 11.5 Å². The van der Waals surface area contributed by atoms with Crippen LogP contribution in [-0.2, 0) is 0 Å². The van der Waals surface area contributed by atoms with Crippen LogP contribution in [0.3, 0.4) is 0 Å². The van der Waals surface area contributed by atoms with Gasteiger partial charge in [-0.1, -0.05) is 30.3 Å². The highest BCUT2D eigenvalue weighted by Crippen LogP contribution is 2.39. The highest BCUT2D eigenvalue weighted by molar-refractivity contribution is 6.05. The summed E-state index contributed by atoms with van der Waals surface area (Å²) in [5.41, 5.74) is 2.78. The fraction of sp³-hybridized carbons (Fsp3) is 0.167. The van der Waals surface area contributed by atoms with Crippen LogP contribution in [0.2, 0.25) is 0 Å². The zero-order chi connectivity index (χ0) is 15.7. The predicted molar refractivity (Wildman–Crippen MR) is 86.8 cm³/mol. The Kier molecular flexibility index (Phi) is 3.59. The van der Waals surface area contributed by atoms with Crippen LogP contribution < -0.4 is 9.47 Å². The van der Waals surface area contributed by atoms with Gasteiger partial charge in [-0.3, -0.25) is 9.36 Å². The van der Waals surface area contributed by atoms with Crippen LogP contribution in [0.25, 0.3) is 22.0 Å². The lowest BCUT2D eigenvalue weighted by Gasteiger charge is -2.08. The van der Waals surface area contributed by atoms with E-state index in [4.69, 9.17) is 9.47 Å². The smallest absolute Gasteiger partial charge is 0.227 e. The SMILES string of the molecule is COc1cc(OC)c2c(-c3ccccc3)cn(C(C)=O)c2c1. The number of hydrogen-bond donors (Lipinski definition) is 0. The van der Waals surface area contributed by atoms with Crippen LogP contribution in [0.5, 0.6) is 11.5 Å². The molecule has 3 rings (SSSR count). The second kappa shape index (κ2) is 5.56. The van der Waals surface area contributed by atoms with Crippen molar-refractivity contribution < 1.29 is 14.3 Å². The van der Waals surface area contributed by atoms with Gasteiger partial charge in [-0.15, -0.1) is 0 Å². The molecule has 0 aliphatic carbocycles. The molecule has 0 spiro atoms. The predicted octanol–water partition coefficient (Wildman–Crippen LogP) is 3.99. The van der Waals surface area contributed by atoms with Crippen molar-refractivity contribution in [1.82, 2.24) is 4.57 Å². The summed E-state index contributed by atoms with van der Waals surface area (Å²) < 4.78 is 12.5. The lowest BCUT2D eigenvalue weighted by molar-refractivity contribution is 0.0942. The average molecular weight is 295 g/mol. The van der Waals surface area contributed by atoms with Crippen molar-refractivity contribution in [2.24, 2.45) is 0 Å². The van der Waals surface area contributed by atoms with E-state index in [0.717, 1.165) is 22.0 Å². The summed E-state index contributed by atoms with van der Waals surface area (Å²) in [7, 11) is 3.22. The Hall–Kier alpha value is -2.75. The molecule has 1 heterocycles. The van der Waals surface area contributed by atoms with Crippen molar-refractivity contribution in [3.05, 3.63) is 48.7 Å². The fourth-order valence-corrected chi connectivity index (χ4v) is 2.68. The highest BCUT2D eigenvalue weighted by Gasteiger charge is 2.18. The molecule has 0 bridgehead atoms. The minimum Gasteiger partial charge on any atom is -0.497 e. The number of carbonyl (C=O) groups is 1. The van der Waals surface area contributed by atoms with E-state index in [0.29, 0.717) is 11.5 Å². The topological polar surface area (TPSA) is 40.5 Å². The van der Waals surface area contributed by atoms with E-state index in [1.807, 2.05) is 48.7 Å². The van der Waals surface area contributed by atoms with Crippen LogP contribution in [0, 0.1) is 0 Å². The molecule has 22 heavy (non-hydrogen) atoms. The standard InChI is InChI=1S/C18H17NO3/c1-12(20)19-11-15(13-7-5-4-6-8-13)18-16(19)9-14(21-2)10-17(18)22-3/h4-11H,1-3H3. The van der Waals surface area contributed by atoms with Gasteiger partial charge in [0.05, 0.1) is 25.1 Å². The second-order valence-corrected chi connectivity index (χ2v) is 5.02. The lowest BCUT2D eigenvalue weighted by Crippen LogP contribution is -2.03. The Balaban J connectivity index is 2.41. The summed E-state index contributed by atoms with van der Waals surface area (Å²) in [5.74, 6) is 1.29. The molecule has 0 N–H and O–H groups in total. The first-order valence-corrected chi connectivity index (χ1v) is 6.99. The number of hydrogen-bond acceptors (Lipinski definition) is 3. The summed E-state index contributed by atoms with van der Waals surface area (Å²) in [5, 5.41) is 0.907. The number of benzene rings is 2. The number of fused-ring (bicyclic) bond motifs is 1. The van der Waals surface area contributed by atoms with E-state index in [1.54, 1.807) is 25.7 Å². The van der Waals surface area contributed by atoms with Crippen molar-refractivity contribution >= 4 is 16.8 Å². The summed E-state index contributed by atoms with van der Waals surface area (Å²) in [6.07, 6.45) is 1.85. The molecule has 0 atom stereocenters. The summed E-state index contributed by atoms with van der Waals surface area (Å²) in [6, 6.07) is 13.6. The third-order valence-electron chi connectivity index (χ3n) is 3.72. The Morgan fingerprint density at radius 1 is 1.05 bits per heavy atom. The number of carbonyl (C=O) groups excluding carboxylic acids is 1. The van der Waals surface area contributed by atoms with Gasteiger partial charge in [-0.2, -0.15) is 0 Å². The summed E-state index contributed by atoms with van der Waals surface area (Å²) in [4.78, 5) is 12.0. The van der Waals surface area contributed by atoms with Crippen molar-refractivity contribution in [2.45, 2.75) is 6.92 Å². The Morgan fingerprint density at radius 3 is 2.36 bits per heavy atom. The fourth-order valence-electron chi connectivity index (χ4n) is 2.68. The van der Waals surface area contributed by atoms with Crippen LogP contribution >= 0.6 is 0 Å². The van der Waals surface area contributed by atoms with Crippen molar-refractivity contribution in [2.75, 3.05) is 14.2 Å². The summed E-state index contributed by atoms with van der Waals surface area (Å²) in [6.45, 7) is 1.54. The van der Waals surface area contributed by atoms with Crippen LogP contribution in [-0.4, -0.2) is 24.7 Å². The molecule has 0 amide bonds. The first kappa shape index (κ1) is 14.2. The van der Waals surface area contributed by atoms with Crippen molar-refractivity contribution in [3.8, 4) is 22.6 Å². The zero-order valence-corrected chi connectivity index (χ0v) is 12.8. The minimum atomic E-state index is -0.0533. The molecule has 112 valence electrons. The lowest BCUT2D eigenvalue weighted by atomic mass is 10.0. The number of methoxy groups -OCH3 is 2. The molecular weight excluding hydrogens is 278 g/mol. The largest absolute Gasteiger partial charge is 0.497 e.